The first-order valence-corrected chi connectivity index (χ1v) is 5.39. The van der Waals surface area contributed by atoms with Crippen molar-refractivity contribution in [1.82, 2.24) is 9.97 Å². The Morgan fingerprint density at radius 1 is 0.889 bits per heavy atom. The minimum absolute atomic E-state index is 0. The number of aliphatic imine (C=N–C) groups is 1. The Morgan fingerprint density at radius 3 is 2.33 bits per heavy atom. The SMILES string of the molecule is C1=C[NH+](c2ccccn2)C(c2ccccn2)=N1.[Cl-]. The Kier molecular flexibility index (Phi) is 3.82. The quantitative estimate of drug-likeness (QED) is 0.673. The summed E-state index contributed by atoms with van der Waals surface area (Å²) >= 11 is 0. The first kappa shape index (κ1) is 12.4. The van der Waals surface area contributed by atoms with Gasteiger partial charge in [-0.15, -0.1) is 0 Å². The van der Waals surface area contributed by atoms with Gasteiger partial charge in [-0.1, -0.05) is 12.1 Å². The fraction of sp³-hybridized carbons (Fsp3) is 0. The summed E-state index contributed by atoms with van der Waals surface area (Å²) in [5.41, 5.74) is 0.873. The maximum Gasteiger partial charge on any atom is 0.263 e. The van der Waals surface area contributed by atoms with Crippen molar-refractivity contribution in [3.63, 3.8) is 0 Å². The number of halogens is 1. The summed E-state index contributed by atoms with van der Waals surface area (Å²) in [5, 5.41) is 0. The lowest BCUT2D eigenvalue weighted by atomic mass is 10.3. The molecular formula is C13H11ClN4. The van der Waals surface area contributed by atoms with Crippen LogP contribution in [0.3, 0.4) is 0 Å². The average Bonchev–Trinajstić information content (AvgIpc) is 2.90. The highest BCUT2D eigenvalue weighted by Gasteiger charge is 2.24. The van der Waals surface area contributed by atoms with E-state index in [4.69, 9.17) is 0 Å². The molecule has 0 spiro atoms. The summed E-state index contributed by atoms with van der Waals surface area (Å²) in [4.78, 5) is 14.0. The van der Waals surface area contributed by atoms with Crippen molar-refractivity contribution in [2.75, 3.05) is 0 Å². The fourth-order valence-electron chi connectivity index (χ4n) is 1.77. The van der Waals surface area contributed by atoms with Crippen LogP contribution in [0, 0.1) is 0 Å². The lowest BCUT2D eigenvalue weighted by Gasteiger charge is -2.09. The topological polar surface area (TPSA) is 42.6 Å². The average molecular weight is 259 g/mol. The number of nitrogens with one attached hydrogen (secondary N) is 1. The van der Waals surface area contributed by atoms with Crippen LogP contribution in [-0.4, -0.2) is 15.8 Å². The van der Waals surface area contributed by atoms with E-state index in [-0.39, 0.29) is 12.4 Å². The van der Waals surface area contributed by atoms with E-state index >= 15 is 0 Å². The third-order valence-corrected chi connectivity index (χ3v) is 2.55. The maximum atomic E-state index is 4.36. The van der Waals surface area contributed by atoms with Crippen molar-refractivity contribution in [1.29, 1.82) is 0 Å². The maximum absolute atomic E-state index is 4.36. The van der Waals surface area contributed by atoms with Crippen molar-refractivity contribution >= 4 is 11.7 Å². The van der Waals surface area contributed by atoms with Gasteiger partial charge in [-0.3, -0.25) is 0 Å². The number of aromatic nitrogens is 2. The number of amidine groups is 1. The standard InChI is InChI=1S/C13H10N4.ClH/c1-3-7-14-11(5-1)13-16-9-10-17(13)12-6-2-4-8-15-12;/h1-10H;1H. The highest BCUT2D eigenvalue weighted by atomic mass is 35.5. The van der Waals surface area contributed by atoms with Gasteiger partial charge in [-0.05, 0) is 18.2 Å². The molecule has 3 rings (SSSR count). The molecule has 90 valence electrons. The third-order valence-electron chi connectivity index (χ3n) is 2.55. The minimum atomic E-state index is 0. The molecule has 1 unspecified atom stereocenters. The van der Waals surface area contributed by atoms with E-state index in [9.17, 15) is 0 Å². The monoisotopic (exact) mass is 258 g/mol. The van der Waals surface area contributed by atoms with Crippen LogP contribution in [0.25, 0.3) is 0 Å². The van der Waals surface area contributed by atoms with Crippen molar-refractivity contribution in [2.24, 2.45) is 4.99 Å². The Bertz CT molecular complexity index is 566. The molecule has 1 aliphatic rings. The molecule has 1 N–H and O–H groups in total. The van der Waals surface area contributed by atoms with Crippen LogP contribution in [0.15, 0.2) is 66.2 Å². The van der Waals surface area contributed by atoms with Crippen molar-refractivity contribution in [3.8, 4) is 0 Å². The Hall–Kier alpha value is -2.04. The van der Waals surface area contributed by atoms with Gasteiger partial charge in [0, 0.05) is 18.5 Å². The molecule has 0 amide bonds. The van der Waals surface area contributed by atoms with E-state index in [2.05, 4.69) is 15.0 Å². The number of rotatable bonds is 2. The van der Waals surface area contributed by atoms with Gasteiger partial charge in [0.25, 0.3) is 5.84 Å². The molecule has 3 heterocycles. The molecule has 2 aromatic heterocycles. The zero-order valence-electron chi connectivity index (χ0n) is 9.49. The highest BCUT2D eigenvalue weighted by molar-refractivity contribution is 5.92. The number of pyridine rings is 2. The summed E-state index contributed by atoms with van der Waals surface area (Å²) in [7, 11) is 0. The Labute approximate surface area is 111 Å². The fourth-order valence-corrected chi connectivity index (χ4v) is 1.77. The van der Waals surface area contributed by atoms with E-state index < -0.39 is 0 Å². The molecule has 1 aliphatic heterocycles. The minimum Gasteiger partial charge on any atom is -1.00 e. The lowest BCUT2D eigenvalue weighted by molar-refractivity contribution is -0.666. The van der Waals surface area contributed by atoms with E-state index in [0.29, 0.717) is 0 Å². The Balaban J connectivity index is 0.00000120. The number of quaternary nitrogens is 1. The van der Waals surface area contributed by atoms with Crippen molar-refractivity contribution in [3.05, 3.63) is 66.9 Å². The van der Waals surface area contributed by atoms with Gasteiger partial charge in [-0.2, -0.15) is 4.99 Å². The zero-order valence-corrected chi connectivity index (χ0v) is 10.2. The van der Waals surface area contributed by atoms with Gasteiger partial charge in [0.1, 0.15) is 11.9 Å². The van der Waals surface area contributed by atoms with Gasteiger partial charge in [0.05, 0.1) is 6.20 Å². The van der Waals surface area contributed by atoms with E-state index in [1.54, 1.807) is 18.6 Å². The molecule has 5 heteroatoms. The van der Waals surface area contributed by atoms with Gasteiger partial charge < -0.3 is 12.4 Å². The predicted octanol–water partition coefficient (Wildman–Crippen LogP) is -2.07. The van der Waals surface area contributed by atoms with Gasteiger partial charge >= 0.3 is 0 Å². The summed E-state index contributed by atoms with van der Waals surface area (Å²) in [6, 6.07) is 11.7. The summed E-state index contributed by atoms with van der Waals surface area (Å²) in [5.74, 6) is 1.80. The molecule has 18 heavy (non-hydrogen) atoms. The summed E-state index contributed by atoms with van der Waals surface area (Å²) in [6.07, 6.45) is 7.30. The molecule has 0 saturated heterocycles. The van der Waals surface area contributed by atoms with Crippen LogP contribution in [0.5, 0.6) is 0 Å². The first-order chi connectivity index (χ1) is 8.45. The predicted molar refractivity (Wildman–Crippen MR) is 64.8 cm³/mol. The van der Waals surface area contributed by atoms with E-state index in [0.717, 1.165) is 22.2 Å². The molecule has 0 fully saturated rings. The molecule has 0 radical (unpaired) electrons. The van der Waals surface area contributed by atoms with E-state index in [1.165, 1.54) is 0 Å². The smallest absolute Gasteiger partial charge is 0.263 e. The molecule has 0 saturated carbocycles. The second kappa shape index (κ2) is 5.53. The Morgan fingerprint density at radius 2 is 1.67 bits per heavy atom. The molecule has 2 aromatic rings. The van der Waals surface area contributed by atoms with Crippen LogP contribution in [-0.2, 0) is 0 Å². The second-order valence-electron chi connectivity index (χ2n) is 3.64. The summed E-state index contributed by atoms with van der Waals surface area (Å²) < 4.78 is 0. The largest absolute Gasteiger partial charge is 1.00 e. The number of nitrogens with zero attached hydrogens (tertiary/aromatic N) is 3. The highest BCUT2D eigenvalue weighted by Crippen LogP contribution is 2.01. The van der Waals surface area contributed by atoms with Crippen LogP contribution in [0.4, 0.5) is 5.82 Å². The zero-order chi connectivity index (χ0) is 11.5. The number of hydrogen-bond acceptors (Lipinski definition) is 3. The van der Waals surface area contributed by atoms with Gasteiger partial charge in [0.15, 0.2) is 0 Å². The van der Waals surface area contributed by atoms with Crippen LogP contribution >= 0.6 is 0 Å². The second-order valence-corrected chi connectivity index (χ2v) is 3.64. The molecule has 0 aliphatic carbocycles. The van der Waals surface area contributed by atoms with Crippen LogP contribution < -0.4 is 17.3 Å². The normalized spacial score (nSPS) is 17.1. The molecule has 0 bridgehead atoms. The van der Waals surface area contributed by atoms with E-state index in [1.807, 2.05) is 42.6 Å². The van der Waals surface area contributed by atoms with Crippen molar-refractivity contribution in [2.45, 2.75) is 0 Å². The third kappa shape index (κ3) is 2.30. The number of hydrogen-bond donors (Lipinski definition) is 1. The van der Waals surface area contributed by atoms with Gasteiger partial charge in [-0.25, -0.2) is 14.9 Å². The molecule has 4 nitrogen and oxygen atoms in total. The van der Waals surface area contributed by atoms with Crippen LogP contribution in [0.1, 0.15) is 5.69 Å². The van der Waals surface area contributed by atoms with Gasteiger partial charge in [0.2, 0.25) is 5.82 Å². The van der Waals surface area contributed by atoms with Crippen LogP contribution in [0.2, 0.25) is 0 Å². The van der Waals surface area contributed by atoms with Crippen molar-refractivity contribution < 1.29 is 17.3 Å². The molecule has 0 aromatic carbocycles. The molecular weight excluding hydrogens is 248 g/mol. The lowest BCUT2D eigenvalue weighted by Crippen LogP contribution is -3.05. The molecule has 1 atom stereocenters. The summed E-state index contributed by atoms with van der Waals surface area (Å²) in [6.45, 7) is 0. The first-order valence-electron chi connectivity index (χ1n) is 5.39.